The van der Waals surface area contributed by atoms with Gasteiger partial charge in [0.1, 0.15) is 5.82 Å². The number of nitrogens with two attached hydrogens (primary N) is 1. The van der Waals surface area contributed by atoms with Crippen LogP contribution < -0.4 is 5.73 Å². The molecule has 0 aliphatic rings. The van der Waals surface area contributed by atoms with Gasteiger partial charge < -0.3 is 10.3 Å². The van der Waals surface area contributed by atoms with Crippen LogP contribution in [0.1, 0.15) is 38.7 Å². The van der Waals surface area contributed by atoms with Gasteiger partial charge in [0.15, 0.2) is 0 Å². The summed E-state index contributed by atoms with van der Waals surface area (Å²) in [5.74, 6) is 1.06. The van der Waals surface area contributed by atoms with Crippen molar-refractivity contribution in [3.63, 3.8) is 0 Å². The van der Waals surface area contributed by atoms with Crippen molar-refractivity contribution in [1.82, 2.24) is 9.55 Å². The normalized spacial score (nSPS) is 12.1. The van der Waals surface area contributed by atoms with E-state index in [1.165, 1.54) is 0 Å². The van der Waals surface area contributed by atoms with E-state index in [9.17, 15) is 0 Å². The summed E-state index contributed by atoms with van der Waals surface area (Å²) in [5, 5.41) is 0. The van der Waals surface area contributed by atoms with E-state index in [1.54, 1.807) is 0 Å². The number of aryl methyl sites for hydroxylation is 1. The van der Waals surface area contributed by atoms with Crippen LogP contribution in [0.2, 0.25) is 0 Å². The molecule has 1 rings (SSSR count). The maximum atomic E-state index is 5.64. The Morgan fingerprint density at radius 1 is 1.43 bits per heavy atom. The van der Waals surface area contributed by atoms with Gasteiger partial charge in [0.05, 0.1) is 5.69 Å². The van der Waals surface area contributed by atoms with Crippen molar-refractivity contribution in [2.24, 2.45) is 11.1 Å². The predicted octanol–water partition coefficient (Wildman–Crippen LogP) is 2.09. The fraction of sp³-hybridized carbons (Fsp3) is 0.727. The fourth-order valence-corrected chi connectivity index (χ4v) is 1.43. The average molecular weight is 195 g/mol. The molecule has 1 heterocycles. The highest BCUT2D eigenvalue weighted by Gasteiger charge is 2.12. The summed E-state index contributed by atoms with van der Waals surface area (Å²) in [6.07, 6.45) is 3.02. The number of aromatic nitrogens is 2. The first-order valence-corrected chi connectivity index (χ1v) is 5.15. The molecule has 0 aromatic carbocycles. The molecule has 0 aliphatic heterocycles. The van der Waals surface area contributed by atoms with E-state index < -0.39 is 0 Å². The van der Waals surface area contributed by atoms with Crippen LogP contribution in [0.15, 0.2) is 6.20 Å². The van der Waals surface area contributed by atoms with Crippen molar-refractivity contribution >= 4 is 0 Å². The van der Waals surface area contributed by atoms with Gasteiger partial charge in [0, 0.05) is 19.3 Å². The number of imidazole rings is 1. The van der Waals surface area contributed by atoms with Crippen molar-refractivity contribution < 1.29 is 0 Å². The Morgan fingerprint density at radius 2 is 2.07 bits per heavy atom. The van der Waals surface area contributed by atoms with Gasteiger partial charge in [-0.05, 0) is 18.8 Å². The van der Waals surface area contributed by atoms with Crippen LogP contribution in [0.5, 0.6) is 0 Å². The standard InChI is InChI=1S/C11H21N3/c1-9-13-8-10(7-12)14(9)6-5-11(2,3)4/h8H,5-7,12H2,1-4H3. The van der Waals surface area contributed by atoms with Crippen LogP contribution in [-0.4, -0.2) is 9.55 Å². The van der Waals surface area contributed by atoms with E-state index in [0.717, 1.165) is 24.5 Å². The van der Waals surface area contributed by atoms with Gasteiger partial charge in [0.25, 0.3) is 0 Å². The maximum absolute atomic E-state index is 5.64. The molecule has 80 valence electrons. The summed E-state index contributed by atoms with van der Waals surface area (Å²) >= 11 is 0. The van der Waals surface area contributed by atoms with Crippen LogP contribution in [0.3, 0.4) is 0 Å². The lowest BCUT2D eigenvalue weighted by molar-refractivity contribution is 0.346. The second-order valence-electron chi connectivity index (χ2n) is 4.96. The molecule has 0 saturated heterocycles. The molecule has 14 heavy (non-hydrogen) atoms. The molecule has 0 atom stereocenters. The van der Waals surface area contributed by atoms with Crippen molar-refractivity contribution in [1.29, 1.82) is 0 Å². The highest BCUT2D eigenvalue weighted by atomic mass is 15.1. The Kier molecular flexibility index (Phi) is 3.32. The minimum atomic E-state index is 0.364. The molecule has 0 amide bonds. The zero-order chi connectivity index (χ0) is 10.8. The molecule has 0 saturated carbocycles. The molecular weight excluding hydrogens is 174 g/mol. The SMILES string of the molecule is Cc1ncc(CN)n1CCC(C)(C)C. The zero-order valence-electron chi connectivity index (χ0n) is 9.67. The first-order chi connectivity index (χ1) is 6.44. The van der Waals surface area contributed by atoms with Gasteiger partial charge in [-0.1, -0.05) is 20.8 Å². The Balaban J connectivity index is 2.70. The minimum absolute atomic E-state index is 0.364. The van der Waals surface area contributed by atoms with E-state index in [2.05, 4.69) is 30.3 Å². The first-order valence-electron chi connectivity index (χ1n) is 5.15. The van der Waals surface area contributed by atoms with Crippen LogP contribution in [0, 0.1) is 12.3 Å². The quantitative estimate of drug-likeness (QED) is 0.802. The second kappa shape index (κ2) is 4.13. The van der Waals surface area contributed by atoms with Crippen LogP contribution in [0.25, 0.3) is 0 Å². The third-order valence-corrected chi connectivity index (χ3v) is 2.43. The second-order valence-corrected chi connectivity index (χ2v) is 4.96. The Labute approximate surface area is 86.3 Å². The minimum Gasteiger partial charge on any atom is -0.331 e. The molecule has 0 radical (unpaired) electrons. The lowest BCUT2D eigenvalue weighted by Gasteiger charge is -2.19. The molecule has 0 bridgehead atoms. The molecular formula is C11H21N3. The lowest BCUT2D eigenvalue weighted by atomic mass is 9.92. The largest absolute Gasteiger partial charge is 0.331 e. The Hall–Kier alpha value is -0.830. The van der Waals surface area contributed by atoms with Gasteiger partial charge in [-0.25, -0.2) is 4.98 Å². The summed E-state index contributed by atoms with van der Waals surface area (Å²) in [5.41, 5.74) is 7.14. The molecule has 0 fully saturated rings. The van der Waals surface area contributed by atoms with Crippen molar-refractivity contribution in [3.8, 4) is 0 Å². The van der Waals surface area contributed by atoms with Crippen LogP contribution in [-0.2, 0) is 13.1 Å². The summed E-state index contributed by atoms with van der Waals surface area (Å²) < 4.78 is 2.21. The summed E-state index contributed by atoms with van der Waals surface area (Å²) in [7, 11) is 0. The highest BCUT2D eigenvalue weighted by molar-refractivity contribution is 5.03. The van der Waals surface area contributed by atoms with Crippen LogP contribution >= 0.6 is 0 Å². The summed E-state index contributed by atoms with van der Waals surface area (Å²) in [6, 6.07) is 0. The molecule has 0 aliphatic carbocycles. The maximum Gasteiger partial charge on any atom is 0.105 e. The average Bonchev–Trinajstić information content (AvgIpc) is 2.41. The number of hydrogen-bond acceptors (Lipinski definition) is 2. The zero-order valence-corrected chi connectivity index (χ0v) is 9.67. The van der Waals surface area contributed by atoms with Crippen molar-refractivity contribution in [2.45, 2.75) is 47.2 Å². The predicted molar refractivity (Wildman–Crippen MR) is 58.9 cm³/mol. The summed E-state index contributed by atoms with van der Waals surface area (Å²) in [4.78, 5) is 4.27. The molecule has 3 heteroatoms. The van der Waals surface area contributed by atoms with Crippen molar-refractivity contribution in [2.75, 3.05) is 0 Å². The van der Waals surface area contributed by atoms with E-state index in [-0.39, 0.29) is 0 Å². The molecule has 1 aromatic rings. The van der Waals surface area contributed by atoms with Crippen LogP contribution in [0.4, 0.5) is 0 Å². The van der Waals surface area contributed by atoms with Gasteiger partial charge in [-0.3, -0.25) is 0 Å². The van der Waals surface area contributed by atoms with Gasteiger partial charge in [0.2, 0.25) is 0 Å². The Bertz CT molecular complexity index is 294. The van der Waals surface area contributed by atoms with Gasteiger partial charge in [-0.15, -0.1) is 0 Å². The van der Waals surface area contributed by atoms with E-state index in [1.807, 2.05) is 13.1 Å². The smallest absolute Gasteiger partial charge is 0.105 e. The van der Waals surface area contributed by atoms with E-state index in [4.69, 9.17) is 5.73 Å². The first kappa shape index (κ1) is 11.2. The monoisotopic (exact) mass is 195 g/mol. The molecule has 0 unspecified atom stereocenters. The molecule has 0 spiro atoms. The third kappa shape index (κ3) is 2.84. The number of hydrogen-bond donors (Lipinski definition) is 1. The molecule has 3 nitrogen and oxygen atoms in total. The van der Waals surface area contributed by atoms with E-state index >= 15 is 0 Å². The van der Waals surface area contributed by atoms with E-state index in [0.29, 0.717) is 12.0 Å². The molecule has 2 N–H and O–H groups in total. The van der Waals surface area contributed by atoms with Gasteiger partial charge in [-0.2, -0.15) is 0 Å². The number of rotatable bonds is 3. The summed E-state index contributed by atoms with van der Waals surface area (Å²) in [6.45, 7) is 10.4. The number of nitrogens with zero attached hydrogens (tertiary/aromatic N) is 2. The molecule has 1 aromatic heterocycles. The topological polar surface area (TPSA) is 43.8 Å². The lowest BCUT2D eigenvalue weighted by Crippen LogP contribution is -2.14. The highest BCUT2D eigenvalue weighted by Crippen LogP contribution is 2.20. The van der Waals surface area contributed by atoms with Crippen molar-refractivity contribution in [3.05, 3.63) is 17.7 Å². The third-order valence-electron chi connectivity index (χ3n) is 2.43. The van der Waals surface area contributed by atoms with Gasteiger partial charge >= 0.3 is 0 Å². The Morgan fingerprint density at radius 3 is 2.57 bits per heavy atom. The fourth-order valence-electron chi connectivity index (χ4n) is 1.43.